The zero-order chi connectivity index (χ0) is 20.3. The molecule has 0 saturated carbocycles. The van der Waals surface area contributed by atoms with Crippen molar-refractivity contribution < 1.29 is 9.90 Å². The van der Waals surface area contributed by atoms with Crippen LogP contribution >= 0.6 is 12.2 Å². The summed E-state index contributed by atoms with van der Waals surface area (Å²) in [5.74, 6) is 0.0537. The fourth-order valence-corrected chi connectivity index (χ4v) is 3.70. The van der Waals surface area contributed by atoms with E-state index >= 15 is 0 Å². The zero-order valence-corrected chi connectivity index (χ0v) is 17.2. The van der Waals surface area contributed by atoms with Gasteiger partial charge >= 0.3 is 0 Å². The predicted molar refractivity (Wildman–Crippen MR) is 111 cm³/mol. The molecule has 28 heavy (non-hydrogen) atoms. The van der Waals surface area contributed by atoms with Gasteiger partial charge in [-0.25, -0.2) is 4.98 Å². The number of aromatic amines is 1. The third-order valence-corrected chi connectivity index (χ3v) is 5.19. The van der Waals surface area contributed by atoms with Crippen LogP contribution in [-0.4, -0.2) is 48.8 Å². The lowest BCUT2D eigenvalue weighted by atomic mass is 9.99. The number of phenolic OH excluding ortho intramolecular Hbond substituents is 1. The summed E-state index contributed by atoms with van der Waals surface area (Å²) in [5, 5.41) is 17.6. The predicted octanol–water partition coefficient (Wildman–Crippen LogP) is 3.74. The summed E-state index contributed by atoms with van der Waals surface area (Å²) in [4.78, 5) is 19.9. The van der Waals surface area contributed by atoms with Gasteiger partial charge in [0.25, 0.3) is 0 Å². The van der Waals surface area contributed by atoms with E-state index in [1.54, 1.807) is 29.2 Å². The number of rotatable bonds is 7. The van der Waals surface area contributed by atoms with Gasteiger partial charge in [0.15, 0.2) is 5.65 Å². The molecule has 0 aliphatic carbocycles. The van der Waals surface area contributed by atoms with Crippen LogP contribution in [0.3, 0.4) is 0 Å². The van der Waals surface area contributed by atoms with Crippen molar-refractivity contribution in [2.45, 2.75) is 39.7 Å². The van der Waals surface area contributed by atoms with Crippen molar-refractivity contribution >= 4 is 29.2 Å². The van der Waals surface area contributed by atoms with Crippen molar-refractivity contribution in [2.75, 3.05) is 13.1 Å². The summed E-state index contributed by atoms with van der Waals surface area (Å²) in [5.41, 5.74) is 2.19. The van der Waals surface area contributed by atoms with Crippen molar-refractivity contribution in [2.24, 2.45) is 0 Å². The Morgan fingerprint density at radius 1 is 1.32 bits per heavy atom. The minimum Gasteiger partial charge on any atom is -0.508 e. The van der Waals surface area contributed by atoms with Crippen LogP contribution in [0.4, 0.5) is 0 Å². The number of aromatic hydroxyl groups is 1. The number of carbonyl (C=O) groups excluding carboxylic acids is 1. The molecule has 0 aliphatic rings. The number of nitrogens with one attached hydrogen (secondary N) is 1. The second kappa shape index (κ2) is 8.52. The number of carbonyl (C=O) groups is 1. The molecule has 7 nitrogen and oxygen atoms in total. The highest BCUT2D eigenvalue weighted by atomic mass is 32.1. The van der Waals surface area contributed by atoms with Gasteiger partial charge < -0.3 is 14.6 Å². The Kier molecular flexibility index (Phi) is 6.08. The average molecular weight is 400 g/mol. The Labute approximate surface area is 169 Å². The number of aromatic nitrogens is 4. The van der Waals surface area contributed by atoms with Gasteiger partial charge in [-0.05, 0) is 43.0 Å². The molecule has 0 bridgehead atoms. The van der Waals surface area contributed by atoms with E-state index in [0.29, 0.717) is 34.3 Å². The SMILES string of the molecule is CCCN(CCC)C(=O)C(c1cc(O)ccc1C)n1cnc2[nH]ncc2c1=S. The summed E-state index contributed by atoms with van der Waals surface area (Å²) in [7, 11) is 0. The molecule has 2 heterocycles. The molecule has 1 atom stereocenters. The van der Waals surface area contributed by atoms with Gasteiger partial charge in [-0.15, -0.1) is 0 Å². The first-order valence-electron chi connectivity index (χ1n) is 9.46. The van der Waals surface area contributed by atoms with E-state index in [2.05, 4.69) is 29.0 Å². The summed E-state index contributed by atoms with van der Waals surface area (Å²) in [6.07, 6.45) is 4.92. The lowest BCUT2D eigenvalue weighted by Gasteiger charge is -2.29. The molecule has 0 saturated heterocycles. The smallest absolute Gasteiger partial charge is 0.250 e. The molecule has 0 radical (unpaired) electrons. The molecule has 3 rings (SSSR count). The second-order valence-electron chi connectivity index (χ2n) is 6.86. The van der Waals surface area contributed by atoms with E-state index in [9.17, 15) is 9.90 Å². The quantitative estimate of drug-likeness (QED) is 0.591. The highest BCUT2D eigenvalue weighted by Crippen LogP contribution is 2.29. The van der Waals surface area contributed by atoms with Crippen LogP contribution in [-0.2, 0) is 4.79 Å². The van der Waals surface area contributed by atoms with Gasteiger partial charge in [0.2, 0.25) is 5.91 Å². The van der Waals surface area contributed by atoms with Gasteiger partial charge in [-0.1, -0.05) is 32.1 Å². The summed E-state index contributed by atoms with van der Waals surface area (Å²) in [6, 6.07) is 4.36. The van der Waals surface area contributed by atoms with E-state index < -0.39 is 6.04 Å². The number of benzene rings is 1. The summed E-state index contributed by atoms with van der Waals surface area (Å²) < 4.78 is 2.18. The third kappa shape index (κ3) is 3.77. The van der Waals surface area contributed by atoms with Crippen molar-refractivity contribution in [1.29, 1.82) is 0 Å². The largest absolute Gasteiger partial charge is 0.508 e. The number of nitrogens with zero attached hydrogens (tertiary/aromatic N) is 4. The van der Waals surface area contributed by atoms with Crippen LogP contribution in [0.5, 0.6) is 5.75 Å². The zero-order valence-electron chi connectivity index (χ0n) is 16.3. The molecule has 8 heteroatoms. The van der Waals surface area contributed by atoms with Crippen molar-refractivity contribution in [3.05, 3.63) is 46.5 Å². The topological polar surface area (TPSA) is 87.0 Å². The Balaban J connectivity index is 2.21. The van der Waals surface area contributed by atoms with Crippen LogP contribution in [0, 0.1) is 11.6 Å². The Bertz CT molecular complexity index is 1040. The molecule has 2 aromatic heterocycles. The maximum atomic E-state index is 13.6. The molecule has 0 aliphatic heterocycles. The monoisotopic (exact) mass is 399 g/mol. The number of H-pyrrole nitrogens is 1. The van der Waals surface area contributed by atoms with Gasteiger partial charge in [-0.2, -0.15) is 5.10 Å². The lowest BCUT2D eigenvalue weighted by molar-refractivity contribution is -0.133. The van der Waals surface area contributed by atoms with Gasteiger partial charge in [0, 0.05) is 13.1 Å². The lowest BCUT2D eigenvalue weighted by Crippen LogP contribution is -2.39. The van der Waals surface area contributed by atoms with Crippen molar-refractivity contribution in [1.82, 2.24) is 24.6 Å². The van der Waals surface area contributed by atoms with Crippen LogP contribution in [0.15, 0.2) is 30.7 Å². The average Bonchev–Trinajstić information content (AvgIpc) is 3.16. The number of hydrogen-bond acceptors (Lipinski definition) is 5. The van der Waals surface area contributed by atoms with E-state index in [1.165, 1.54) is 0 Å². The molecule has 0 spiro atoms. The standard InChI is InChI=1S/C20H25N5O2S/c1-4-8-24(9-5-2)19(27)17(15-10-14(26)7-6-13(15)3)25-12-21-18-16(20(25)28)11-22-23-18/h6-7,10-12,17,26H,4-5,8-9H2,1-3H3,(H,22,23). The normalized spacial score (nSPS) is 12.2. The third-order valence-electron chi connectivity index (χ3n) is 4.76. The fourth-order valence-electron chi connectivity index (χ4n) is 3.40. The molecule has 3 aromatic rings. The van der Waals surface area contributed by atoms with Gasteiger partial charge in [-0.3, -0.25) is 9.89 Å². The minimum absolute atomic E-state index is 0.0573. The van der Waals surface area contributed by atoms with E-state index in [0.717, 1.165) is 18.4 Å². The van der Waals surface area contributed by atoms with Crippen LogP contribution in [0.1, 0.15) is 43.9 Å². The second-order valence-corrected chi connectivity index (χ2v) is 7.24. The highest BCUT2D eigenvalue weighted by Gasteiger charge is 2.29. The van der Waals surface area contributed by atoms with Crippen molar-refractivity contribution in [3.8, 4) is 5.75 Å². The number of fused-ring (bicyclic) bond motifs is 1. The van der Waals surface area contributed by atoms with Gasteiger partial charge in [0.1, 0.15) is 16.4 Å². The maximum absolute atomic E-state index is 13.6. The summed E-state index contributed by atoms with van der Waals surface area (Å²) >= 11 is 5.66. The number of amides is 1. The molecule has 1 unspecified atom stereocenters. The Morgan fingerprint density at radius 2 is 2.04 bits per heavy atom. The molecule has 0 fully saturated rings. The number of phenols is 1. The van der Waals surface area contributed by atoms with Crippen LogP contribution < -0.4 is 0 Å². The maximum Gasteiger partial charge on any atom is 0.250 e. The Morgan fingerprint density at radius 3 is 2.71 bits per heavy atom. The molecular formula is C20H25N5O2S. The highest BCUT2D eigenvalue weighted by molar-refractivity contribution is 7.71. The van der Waals surface area contributed by atoms with E-state index in [1.807, 2.05) is 17.9 Å². The summed E-state index contributed by atoms with van der Waals surface area (Å²) in [6.45, 7) is 7.35. The first kappa shape index (κ1) is 20.0. The van der Waals surface area contributed by atoms with E-state index in [4.69, 9.17) is 12.2 Å². The molecule has 2 N–H and O–H groups in total. The van der Waals surface area contributed by atoms with Gasteiger partial charge in [0.05, 0.1) is 17.9 Å². The van der Waals surface area contributed by atoms with Crippen molar-refractivity contribution in [3.63, 3.8) is 0 Å². The molecule has 148 valence electrons. The number of aryl methyl sites for hydroxylation is 1. The minimum atomic E-state index is -0.704. The fraction of sp³-hybridized carbons (Fsp3) is 0.400. The Hall–Kier alpha value is -2.74. The molecule has 1 amide bonds. The first-order chi connectivity index (χ1) is 13.5. The molecular weight excluding hydrogens is 374 g/mol. The number of hydrogen-bond donors (Lipinski definition) is 2. The van der Waals surface area contributed by atoms with Crippen LogP contribution in [0.25, 0.3) is 11.0 Å². The molecule has 1 aromatic carbocycles. The van der Waals surface area contributed by atoms with E-state index in [-0.39, 0.29) is 11.7 Å². The first-order valence-corrected chi connectivity index (χ1v) is 9.87. The van der Waals surface area contributed by atoms with Crippen LogP contribution in [0.2, 0.25) is 0 Å².